The summed E-state index contributed by atoms with van der Waals surface area (Å²) in [6.45, 7) is 6.89. The zero-order valence-corrected chi connectivity index (χ0v) is 14.4. The maximum atomic E-state index is 12.7. The summed E-state index contributed by atoms with van der Waals surface area (Å²) in [5, 5.41) is 0. The van der Waals surface area contributed by atoms with Crippen LogP contribution in [0.4, 0.5) is 0 Å². The Kier molecular flexibility index (Phi) is 4.53. The zero-order valence-electron chi connectivity index (χ0n) is 13.6. The third kappa shape index (κ3) is 3.26. The first kappa shape index (κ1) is 16.5. The van der Waals surface area contributed by atoms with Crippen molar-refractivity contribution >= 4 is 16.0 Å². The molecular formula is C19H20NO3S+. The first-order chi connectivity index (χ1) is 11.5. The molecule has 0 spiro atoms. The standard InChI is InChI=1S/C19H20NO3S/c1-3-13-20-14-12-16-6-4-5-7-18(16)19(20)23-24(21,22)17-10-8-15(2)9-11-17/h3-11H,1,12-14H2,2H3/q+1. The highest BCUT2D eigenvalue weighted by atomic mass is 32.2. The SMILES string of the molecule is C=CC[N+]1=C(OS(=O)(=O)c2ccc(C)cc2)c2ccccc2CC1. The molecule has 24 heavy (non-hydrogen) atoms. The average molecular weight is 342 g/mol. The Morgan fingerprint density at radius 2 is 1.88 bits per heavy atom. The van der Waals surface area contributed by atoms with Crippen molar-refractivity contribution in [3.63, 3.8) is 0 Å². The Morgan fingerprint density at radius 3 is 2.58 bits per heavy atom. The van der Waals surface area contributed by atoms with Crippen molar-refractivity contribution in [1.29, 1.82) is 0 Å². The summed E-state index contributed by atoms with van der Waals surface area (Å²) >= 11 is 0. The molecule has 0 saturated heterocycles. The van der Waals surface area contributed by atoms with Gasteiger partial charge in [0.25, 0.3) is 0 Å². The van der Waals surface area contributed by atoms with E-state index in [9.17, 15) is 8.42 Å². The minimum absolute atomic E-state index is 0.155. The molecule has 0 aromatic heterocycles. The van der Waals surface area contributed by atoms with E-state index >= 15 is 0 Å². The van der Waals surface area contributed by atoms with Gasteiger partial charge in [0, 0.05) is 6.42 Å². The van der Waals surface area contributed by atoms with Gasteiger partial charge in [-0.1, -0.05) is 42.5 Å². The Hall–Kier alpha value is -2.40. The van der Waals surface area contributed by atoms with Crippen molar-refractivity contribution in [2.75, 3.05) is 13.1 Å². The largest absolute Gasteiger partial charge is 0.386 e. The van der Waals surface area contributed by atoms with E-state index in [1.165, 1.54) is 0 Å². The van der Waals surface area contributed by atoms with Gasteiger partial charge in [0.15, 0.2) is 13.1 Å². The van der Waals surface area contributed by atoms with Crippen molar-refractivity contribution in [3.8, 4) is 0 Å². The van der Waals surface area contributed by atoms with E-state index in [2.05, 4.69) is 6.58 Å². The van der Waals surface area contributed by atoms with Gasteiger partial charge in [-0.05, 0) is 36.8 Å². The van der Waals surface area contributed by atoms with E-state index in [0.29, 0.717) is 19.0 Å². The van der Waals surface area contributed by atoms with Crippen LogP contribution in [0.25, 0.3) is 0 Å². The van der Waals surface area contributed by atoms with Crippen molar-refractivity contribution < 1.29 is 17.2 Å². The summed E-state index contributed by atoms with van der Waals surface area (Å²) in [6.07, 6.45) is 2.59. The summed E-state index contributed by atoms with van der Waals surface area (Å²) in [4.78, 5) is 0.155. The molecule has 5 heteroatoms. The number of hydrogen-bond acceptors (Lipinski definition) is 3. The molecule has 124 valence electrons. The molecule has 1 aliphatic rings. The van der Waals surface area contributed by atoms with Gasteiger partial charge in [0.1, 0.15) is 4.90 Å². The normalized spacial score (nSPS) is 14.2. The number of rotatable bonds is 4. The summed E-state index contributed by atoms with van der Waals surface area (Å²) in [5.74, 6) is 0.373. The third-order valence-corrected chi connectivity index (χ3v) is 5.26. The highest BCUT2D eigenvalue weighted by Gasteiger charge is 2.31. The summed E-state index contributed by atoms with van der Waals surface area (Å²) in [7, 11) is -3.88. The van der Waals surface area contributed by atoms with E-state index in [4.69, 9.17) is 4.18 Å². The molecule has 0 saturated carbocycles. The van der Waals surface area contributed by atoms with E-state index in [0.717, 1.165) is 23.1 Å². The van der Waals surface area contributed by atoms with Gasteiger partial charge in [-0.2, -0.15) is 13.0 Å². The fraction of sp³-hybridized carbons (Fsp3) is 0.211. The summed E-state index contributed by atoms with van der Waals surface area (Å²) < 4.78 is 32.8. The molecule has 4 nitrogen and oxygen atoms in total. The molecule has 0 fully saturated rings. The van der Waals surface area contributed by atoms with Crippen LogP contribution < -0.4 is 0 Å². The summed E-state index contributed by atoms with van der Waals surface area (Å²) in [6, 6.07) is 14.4. The lowest BCUT2D eigenvalue weighted by Crippen LogP contribution is -2.33. The molecule has 0 amide bonds. The third-order valence-electron chi connectivity index (χ3n) is 4.03. The van der Waals surface area contributed by atoms with E-state index in [1.54, 1.807) is 30.3 Å². The molecule has 0 N–H and O–H groups in total. The molecule has 0 bridgehead atoms. The molecule has 0 aliphatic carbocycles. The number of aryl methyl sites for hydroxylation is 1. The van der Waals surface area contributed by atoms with E-state index in [1.807, 2.05) is 35.8 Å². The molecule has 2 aromatic rings. The van der Waals surface area contributed by atoms with Gasteiger partial charge in [-0.3, -0.25) is 0 Å². The molecule has 0 atom stereocenters. The second-order valence-electron chi connectivity index (χ2n) is 5.80. The van der Waals surface area contributed by atoms with Crippen LogP contribution in [0.15, 0.2) is 66.1 Å². The first-order valence-corrected chi connectivity index (χ1v) is 9.24. The van der Waals surface area contributed by atoms with Crippen molar-refractivity contribution in [2.45, 2.75) is 18.2 Å². The van der Waals surface area contributed by atoms with Crippen LogP contribution in [0, 0.1) is 6.92 Å². The minimum atomic E-state index is -3.88. The van der Waals surface area contributed by atoms with Gasteiger partial charge in [0.2, 0.25) is 0 Å². The van der Waals surface area contributed by atoms with Crippen LogP contribution in [0.2, 0.25) is 0 Å². The maximum Gasteiger partial charge on any atom is 0.386 e. The van der Waals surface area contributed by atoms with Crippen LogP contribution in [-0.4, -0.2) is 32.0 Å². The van der Waals surface area contributed by atoms with Crippen molar-refractivity contribution in [1.82, 2.24) is 0 Å². The zero-order chi connectivity index (χ0) is 17.2. The van der Waals surface area contributed by atoms with Gasteiger partial charge < -0.3 is 4.18 Å². The lowest BCUT2D eigenvalue weighted by molar-refractivity contribution is -0.525. The van der Waals surface area contributed by atoms with Crippen molar-refractivity contribution in [3.05, 3.63) is 77.9 Å². The van der Waals surface area contributed by atoms with Gasteiger partial charge in [-0.25, -0.2) is 0 Å². The predicted molar refractivity (Wildman–Crippen MR) is 93.9 cm³/mol. The smallest absolute Gasteiger partial charge is 0.319 e. The topological polar surface area (TPSA) is 46.4 Å². The van der Waals surface area contributed by atoms with E-state index < -0.39 is 10.1 Å². The number of nitrogens with zero attached hydrogens (tertiary/aromatic N) is 1. The molecule has 2 aromatic carbocycles. The lowest BCUT2D eigenvalue weighted by Gasteiger charge is -2.17. The second-order valence-corrected chi connectivity index (χ2v) is 7.34. The Bertz CT molecular complexity index is 896. The van der Waals surface area contributed by atoms with Crippen molar-refractivity contribution in [2.24, 2.45) is 0 Å². The quantitative estimate of drug-likeness (QED) is 0.488. The van der Waals surface area contributed by atoms with Gasteiger partial charge in [-0.15, -0.1) is 0 Å². The van der Waals surface area contributed by atoms with Crippen LogP contribution in [-0.2, 0) is 20.7 Å². The number of fused-ring (bicyclic) bond motifs is 1. The molecule has 0 unspecified atom stereocenters. The van der Waals surface area contributed by atoms with Gasteiger partial charge >= 0.3 is 16.0 Å². The Balaban J connectivity index is 2.04. The van der Waals surface area contributed by atoms with Crippen LogP contribution in [0.1, 0.15) is 16.7 Å². The minimum Gasteiger partial charge on any atom is -0.319 e. The average Bonchev–Trinajstić information content (AvgIpc) is 2.57. The van der Waals surface area contributed by atoms with Crippen LogP contribution in [0.5, 0.6) is 0 Å². The highest BCUT2D eigenvalue weighted by molar-refractivity contribution is 7.87. The Labute approximate surface area is 142 Å². The monoisotopic (exact) mass is 342 g/mol. The molecular weight excluding hydrogens is 322 g/mol. The lowest BCUT2D eigenvalue weighted by atomic mass is 10.0. The summed E-state index contributed by atoms with van der Waals surface area (Å²) in [5.41, 5.74) is 2.91. The fourth-order valence-electron chi connectivity index (χ4n) is 2.76. The fourth-order valence-corrected chi connectivity index (χ4v) is 3.73. The number of hydrogen-bond donors (Lipinski definition) is 0. The molecule has 3 rings (SSSR count). The molecule has 0 radical (unpaired) electrons. The highest BCUT2D eigenvalue weighted by Crippen LogP contribution is 2.21. The van der Waals surface area contributed by atoms with Crippen LogP contribution >= 0.6 is 0 Å². The molecule has 1 heterocycles. The second kappa shape index (κ2) is 6.61. The van der Waals surface area contributed by atoms with Crippen LogP contribution in [0.3, 0.4) is 0 Å². The van der Waals surface area contributed by atoms with Gasteiger partial charge in [0.05, 0.1) is 5.56 Å². The molecule has 1 aliphatic heterocycles. The van der Waals surface area contributed by atoms with E-state index in [-0.39, 0.29) is 4.90 Å². The maximum absolute atomic E-state index is 12.7. The predicted octanol–water partition coefficient (Wildman–Crippen LogP) is 2.90. The number of benzene rings is 2. The first-order valence-electron chi connectivity index (χ1n) is 7.83. The Morgan fingerprint density at radius 1 is 1.17 bits per heavy atom.